The molecule has 1 amide bonds. The molecule has 0 spiro atoms. The fourth-order valence-electron chi connectivity index (χ4n) is 2.75. The summed E-state index contributed by atoms with van der Waals surface area (Å²) in [5, 5.41) is 23.3. The fourth-order valence-corrected chi connectivity index (χ4v) is 2.75. The second-order valence-corrected chi connectivity index (χ2v) is 6.04. The van der Waals surface area contributed by atoms with E-state index in [-0.39, 0.29) is 41.7 Å². The summed E-state index contributed by atoms with van der Waals surface area (Å²) in [6.07, 6.45) is 1.32. The molecule has 0 aromatic heterocycles. The lowest BCUT2D eigenvalue weighted by Gasteiger charge is -2.19. The number of ether oxygens (including phenoxy) is 4. The highest BCUT2D eigenvalue weighted by Gasteiger charge is 2.24. The zero-order valence-corrected chi connectivity index (χ0v) is 16.1. The molecule has 154 valence electrons. The lowest BCUT2D eigenvalue weighted by atomic mass is 10.1. The summed E-state index contributed by atoms with van der Waals surface area (Å²) in [4.78, 5) is 23.4. The molecule has 1 heterocycles. The summed E-state index contributed by atoms with van der Waals surface area (Å²) in [5.74, 6) is 0.605. The van der Waals surface area contributed by atoms with Gasteiger partial charge < -0.3 is 24.3 Å². The topological polar surface area (TPSA) is 133 Å². The minimum Gasteiger partial charge on any atom is -0.497 e. The van der Waals surface area contributed by atoms with Crippen molar-refractivity contribution in [2.24, 2.45) is 0 Å². The molecule has 30 heavy (non-hydrogen) atoms. The highest BCUT2D eigenvalue weighted by atomic mass is 16.6. The van der Waals surface area contributed by atoms with E-state index < -0.39 is 10.8 Å². The first kappa shape index (κ1) is 20.5. The second-order valence-electron chi connectivity index (χ2n) is 6.04. The molecule has 2 aromatic carbocycles. The number of benzene rings is 2. The summed E-state index contributed by atoms with van der Waals surface area (Å²) < 4.78 is 21.1. The van der Waals surface area contributed by atoms with Crippen LogP contribution in [0.15, 0.2) is 35.9 Å². The number of nitro groups is 1. The van der Waals surface area contributed by atoms with E-state index in [4.69, 9.17) is 18.9 Å². The lowest BCUT2D eigenvalue weighted by molar-refractivity contribution is -0.384. The van der Waals surface area contributed by atoms with Crippen molar-refractivity contribution in [2.45, 2.75) is 0 Å². The SMILES string of the molecule is COc1cc(/C=C(\C#N)C(=O)Nc2cc3c(cc2[N+](=O)[O-])OCCO3)cc(OC)c1. The number of anilines is 1. The first-order valence-electron chi connectivity index (χ1n) is 8.69. The average Bonchev–Trinajstić information content (AvgIpc) is 2.76. The Labute approximate surface area is 171 Å². The van der Waals surface area contributed by atoms with E-state index in [0.29, 0.717) is 17.1 Å². The van der Waals surface area contributed by atoms with Gasteiger partial charge in [0.25, 0.3) is 11.6 Å². The molecule has 10 heteroatoms. The highest BCUT2D eigenvalue weighted by Crippen LogP contribution is 2.39. The molecule has 0 unspecified atom stereocenters. The smallest absolute Gasteiger partial charge is 0.296 e. The predicted octanol–water partition coefficient (Wildman–Crippen LogP) is 2.93. The molecule has 0 saturated heterocycles. The molecule has 1 N–H and O–H groups in total. The Morgan fingerprint density at radius 3 is 2.27 bits per heavy atom. The Kier molecular flexibility index (Phi) is 6.03. The molecule has 0 fully saturated rings. The van der Waals surface area contributed by atoms with Gasteiger partial charge >= 0.3 is 0 Å². The maximum atomic E-state index is 12.6. The van der Waals surface area contributed by atoms with Crippen LogP contribution in [-0.4, -0.2) is 38.3 Å². The van der Waals surface area contributed by atoms with Crippen LogP contribution in [0.25, 0.3) is 6.08 Å². The zero-order chi connectivity index (χ0) is 21.7. The van der Waals surface area contributed by atoms with Crippen LogP contribution in [0.2, 0.25) is 0 Å². The van der Waals surface area contributed by atoms with Gasteiger partial charge in [-0.25, -0.2) is 0 Å². The summed E-state index contributed by atoms with van der Waals surface area (Å²) in [6.45, 7) is 0.542. The van der Waals surface area contributed by atoms with Gasteiger partial charge in [0, 0.05) is 12.1 Å². The Bertz CT molecular complexity index is 1050. The van der Waals surface area contributed by atoms with Gasteiger partial charge in [-0.2, -0.15) is 5.26 Å². The standard InChI is InChI=1S/C20H17N3O7/c1-27-14-6-12(7-15(8-14)28-2)5-13(11-21)20(24)22-16-9-18-19(30-4-3-29-18)10-17(16)23(25)26/h5-10H,3-4H2,1-2H3,(H,22,24)/b13-5+. The summed E-state index contributed by atoms with van der Waals surface area (Å²) in [5.41, 5.74) is -0.282. The van der Waals surface area contributed by atoms with Crippen molar-refractivity contribution in [1.29, 1.82) is 5.26 Å². The van der Waals surface area contributed by atoms with Crippen LogP contribution in [0.4, 0.5) is 11.4 Å². The molecule has 2 aromatic rings. The number of amides is 1. The molecule has 3 rings (SSSR count). The van der Waals surface area contributed by atoms with Gasteiger partial charge in [-0.1, -0.05) is 0 Å². The molecule has 1 aliphatic heterocycles. The number of methoxy groups -OCH3 is 2. The maximum absolute atomic E-state index is 12.6. The van der Waals surface area contributed by atoms with E-state index in [1.807, 2.05) is 0 Å². The zero-order valence-electron chi connectivity index (χ0n) is 16.1. The lowest BCUT2D eigenvalue weighted by Crippen LogP contribution is -2.18. The van der Waals surface area contributed by atoms with Gasteiger partial charge in [-0.05, 0) is 23.8 Å². The number of nitrogens with one attached hydrogen (secondary N) is 1. The van der Waals surface area contributed by atoms with Gasteiger partial charge in [-0.3, -0.25) is 14.9 Å². The molecular formula is C20H17N3O7. The number of nitro benzene ring substituents is 1. The Morgan fingerprint density at radius 1 is 1.13 bits per heavy atom. The molecule has 0 aliphatic carbocycles. The van der Waals surface area contributed by atoms with Crippen molar-refractivity contribution in [1.82, 2.24) is 0 Å². The van der Waals surface area contributed by atoms with E-state index in [1.54, 1.807) is 24.3 Å². The number of nitrogens with zero attached hydrogens (tertiary/aromatic N) is 2. The molecule has 0 saturated carbocycles. The molecule has 0 atom stereocenters. The Morgan fingerprint density at radius 2 is 1.73 bits per heavy atom. The van der Waals surface area contributed by atoms with Gasteiger partial charge in [-0.15, -0.1) is 0 Å². The van der Waals surface area contributed by atoms with Crippen LogP contribution in [0, 0.1) is 21.4 Å². The number of nitriles is 1. The number of hydrogen-bond donors (Lipinski definition) is 1. The van der Waals surface area contributed by atoms with Crippen molar-refractivity contribution in [3.63, 3.8) is 0 Å². The van der Waals surface area contributed by atoms with Crippen LogP contribution in [0.5, 0.6) is 23.0 Å². The van der Waals surface area contributed by atoms with E-state index in [9.17, 15) is 20.2 Å². The van der Waals surface area contributed by atoms with Gasteiger partial charge in [0.1, 0.15) is 42.0 Å². The van der Waals surface area contributed by atoms with Crippen molar-refractivity contribution in [3.05, 3.63) is 51.6 Å². The second kappa shape index (κ2) is 8.83. The monoisotopic (exact) mass is 411 g/mol. The number of fused-ring (bicyclic) bond motifs is 1. The predicted molar refractivity (Wildman–Crippen MR) is 106 cm³/mol. The fraction of sp³-hybridized carbons (Fsp3) is 0.200. The first-order chi connectivity index (χ1) is 14.4. The van der Waals surface area contributed by atoms with Crippen molar-refractivity contribution in [3.8, 4) is 29.1 Å². The van der Waals surface area contributed by atoms with Gasteiger partial charge in [0.2, 0.25) is 0 Å². The van der Waals surface area contributed by atoms with Crippen molar-refractivity contribution in [2.75, 3.05) is 32.8 Å². The van der Waals surface area contributed by atoms with Crippen LogP contribution in [0.3, 0.4) is 0 Å². The molecular weight excluding hydrogens is 394 g/mol. The Balaban J connectivity index is 1.93. The van der Waals surface area contributed by atoms with E-state index >= 15 is 0 Å². The highest BCUT2D eigenvalue weighted by molar-refractivity contribution is 6.10. The summed E-state index contributed by atoms with van der Waals surface area (Å²) in [7, 11) is 2.95. The van der Waals surface area contributed by atoms with Gasteiger partial charge in [0.15, 0.2) is 11.5 Å². The minimum absolute atomic E-state index is 0.112. The summed E-state index contributed by atoms with van der Waals surface area (Å²) in [6, 6.07) is 9.13. The number of hydrogen-bond acceptors (Lipinski definition) is 8. The van der Waals surface area contributed by atoms with Crippen LogP contribution >= 0.6 is 0 Å². The molecule has 1 aliphatic rings. The largest absolute Gasteiger partial charge is 0.497 e. The van der Waals surface area contributed by atoms with Crippen LogP contribution < -0.4 is 24.3 Å². The van der Waals surface area contributed by atoms with Crippen LogP contribution in [-0.2, 0) is 4.79 Å². The first-order valence-corrected chi connectivity index (χ1v) is 8.69. The van der Waals surface area contributed by atoms with E-state index in [2.05, 4.69) is 5.32 Å². The third-order valence-electron chi connectivity index (χ3n) is 4.16. The molecule has 0 bridgehead atoms. The molecule has 0 radical (unpaired) electrons. The van der Waals surface area contributed by atoms with Crippen LogP contribution in [0.1, 0.15) is 5.56 Å². The van der Waals surface area contributed by atoms with E-state index in [1.165, 1.54) is 32.4 Å². The van der Waals surface area contributed by atoms with Crippen molar-refractivity contribution >= 4 is 23.4 Å². The third kappa shape index (κ3) is 4.41. The number of carbonyl (C=O) groups is 1. The Hall–Kier alpha value is -4.26. The third-order valence-corrected chi connectivity index (χ3v) is 4.16. The average molecular weight is 411 g/mol. The number of rotatable bonds is 6. The van der Waals surface area contributed by atoms with E-state index in [0.717, 1.165) is 0 Å². The molecule has 10 nitrogen and oxygen atoms in total. The normalized spacial score (nSPS) is 12.5. The maximum Gasteiger partial charge on any atom is 0.296 e. The summed E-state index contributed by atoms with van der Waals surface area (Å²) >= 11 is 0. The van der Waals surface area contributed by atoms with Crippen molar-refractivity contribution < 1.29 is 28.7 Å². The minimum atomic E-state index is -0.820. The quantitative estimate of drug-likeness (QED) is 0.332. The number of carbonyl (C=O) groups excluding carboxylic acids is 1. The van der Waals surface area contributed by atoms with Gasteiger partial charge in [0.05, 0.1) is 25.2 Å².